The zero-order valence-corrected chi connectivity index (χ0v) is 17.0. The molecular weight excluding hydrogens is 410 g/mol. The van der Waals surface area contributed by atoms with E-state index in [2.05, 4.69) is 0 Å². The number of aromatic nitrogens is 1. The molecule has 2 aliphatic heterocycles. The number of anilines is 1. The monoisotopic (exact) mass is 425 g/mol. The van der Waals surface area contributed by atoms with Crippen LogP contribution < -0.4 is 4.90 Å². The molecule has 3 heterocycles. The van der Waals surface area contributed by atoms with E-state index in [0.717, 1.165) is 28.1 Å². The molecule has 2 bridgehead atoms. The topological polar surface area (TPSA) is 76.3 Å². The summed E-state index contributed by atoms with van der Waals surface area (Å²) in [5.74, 6) is 0.0402. The number of thioether (sulfide) groups is 1. The van der Waals surface area contributed by atoms with E-state index < -0.39 is 4.92 Å². The summed E-state index contributed by atoms with van der Waals surface area (Å²) in [7, 11) is 0. The molecule has 6 nitrogen and oxygen atoms in total. The smallest absolute Gasteiger partial charge is 0.270 e. The Kier molecular flexibility index (Phi) is 3.88. The van der Waals surface area contributed by atoms with Crippen LogP contribution in [0.2, 0.25) is 0 Å². The Morgan fingerprint density at radius 3 is 2.52 bits per heavy atom. The molecule has 0 N–H and O–H groups in total. The number of rotatable bonds is 2. The van der Waals surface area contributed by atoms with Crippen LogP contribution >= 0.6 is 11.8 Å². The average molecular weight is 425 g/mol. The van der Waals surface area contributed by atoms with Crippen molar-refractivity contribution in [2.45, 2.75) is 10.6 Å². The number of para-hydroxylation sites is 1. The fourth-order valence-electron chi connectivity index (χ4n) is 4.40. The molecule has 4 aromatic rings. The van der Waals surface area contributed by atoms with Gasteiger partial charge in [0.15, 0.2) is 0 Å². The highest BCUT2D eigenvalue weighted by molar-refractivity contribution is 8.01. The summed E-state index contributed by atoms with van der Waals surface area (Å²) >= 11 is 1.59. The number of carbonyl (C=O) groups is 1. The molecule has 2 aliphatic rings. The van der Waals surface area contributed by atoms with E-state index in [4.69, 9.17) is 4.98 Å². The third kappa shape index (κ3) is 2.67. The first-order valence-corrected chi connectivity index (χ1v) is 10.8. The summed E-state index contributed by atoms with van der Waals surface area (Å²) in [6, 6.07) is 24.2. The molecule has 0 radical (unpaired) electrons. The SMILES string of the molecule is O=C1C2SC(c3cc4cc([N+](=O)[O-])ccc4nc3-c3ccccc32)N1c1ccccc1. The molecule has 150 valence electrons. The lowest BCUT2D eigenvalue weighted by atomic mass is 9.94. The number of nitrogens with zero attached hydrogens (tertiary/aromatic N) is 3. The second-order valence-electron chi connectivity index (χ2n) is 7.56. The number of benzene rings is 3. The van der Waals surface area contributed by atoms with Crippen LogP contribution in [-0.4, -0.2) is 15.8 Å². The maximum absolute atomic E-state index is 13.5. The lowest BCUT2D eigenvalue weighted by Gasteiger charge is -2.27. The maximum Gasteiger partial charge on any atom is 0.270 e. The molecule has 1 saturated heterocycles. The minimum Gasteiger partial charge on any atom is -0.294 e. The molecule has 1 amide bonds. The summed E-state index contributed by atoms with van der Waals surface area (Å²) in [4.78, 5) is 31.1. The van der Waals surface area contributed by atoms with E-state index in [-0.39, 0.29) is 22.2 Å². The average Bonchev–Trinajstić information content (AvgIpc) is 3.07. The Labute approximate surface area is 181 Å². The Bertz CT molecular complexity index is 1390. The largest absolute Gasteiger partial charge is 0.294 e. The normalized spacial score (nSPS) is 19.1. The fraction of sp³-hybridized carbons (Fsp3) is 0.0833. The molecule has 3 aromatic carbocycles. The number of nitro groups is 1. The molecule has 1 aromatic heterocycles. The van der Waals surface area contributed by atoms with Crippen molar-refractivity contribution < 1.29 is 9.72 Å². The first kappa shape index (κ1) is 18.1. The van der Waals surface area contributed by atoms with Crippen LogP contribution in [0, 0.1) is 10.1 Å². The number of hydrogen-bond acceptors (Lipinski definition) is 5. The Morgan fingerprint density at radius 2 is 1.71 bits per heavy atom. The van der Waals surface area contributed by atoms with Crippen LogP contribution in [0.1, 0.15) is 21.8 Å². The lowest BCUT2D eigenvalue weighted by Crippen LogP contribution is -2.30. The van der Waals surface area contributed by atoms with Crippen molar-refractivity contribution in [3.05, 3.63) is 100 Å². The summed E-state index contributed by atoms with van der Waals surface area (Å²) in [6.45, 7) is 0. The molecule has 1 fully saturated rings. The Hall–Kier alpha value is -3.71. The number of hydrogen-bond donors (Lipinski definition) is 0. The van der Waals surface area contributed by atoms with Gasteiger partial charge in [-0.05, 0) is 29.8 Å². The van der Waals surface area contributed by atoms with Crippen molar-refractivity contribution in [2.75, 3.05) is 4.90 Å². The summed E-state index contributed by atoms with van der Waals surface area (Å²) in [5.41, 5.74) is 5.16. The third-order valence-corrected chi connectivity index (χ3v) is 7.25. The predicted octanol–water partition coefficient (Wildman–Crippen LogP) is 5.64. The first-order chi connectivity index (χ1) is 15.1. The van der Waals surface area contributed by atoms with E-state index in [1.807, 2.05) is 65.6 Å². The van der Waals surface area contributed by atoms with Crippen molar-refractivity contribution in [3.63, 3.8) is 0 Å². The van der Waals surface area contributed by atoms with Gasteiger partial charge in [0.05, 0.1) is 16.1 Å². The Morgan fingerprint density at radius 1 is 0.935 bits per heavy atom. The molecule has 0 aliphatic carbocycles. The van der Waals surface area contributed by atoms with Gasteiger partial charge in [-0.15, -0.1) is 11.8 Å². The summed E-state index contributed by atoms with van der Waals surface area (Å²) in [6.07, 6.45) is 0. The van der Waals surface area contributed by atoms with E-state index in [1.54, 1.807) is 23.9 Å². The zero-order chi connectivity index (χ0) is 21.1. The highest BCUT2D eigenvalue weighted by atomic mass is 32.2. The second-order valence-corrected chi connectivity index (χ2v) is 8.75. The number of fused-ring (bicyclic) bond motifs is 8. The van der Waals surface area contributed by atoms with Gasteiger partial charge in [-0.3, -0.25) is 19.8 Å². The van der Waals surface area contributed by atoms with Gasteiger partial charge in [0.25, 0.3) is 5.69 Å². The number of pyridine rings is 1. The van der Waals surface area contributed by atoms with Crippen LogP contribution in [0.25, 0.3) is 22.2 Å². The van der Waals surface area contributed by atoms with Crippen LogP contribution in [0.15, 0.2) is 78.9 Å². The van der Waals surface area contributed by atoms with Gasteiger partial charge in [-0.25, -0.2) is 4.98 Å². The van der Waals surface area contributed by atoms with Gasteiger partial charge in [0, 0.05) is 34.3 Å². The maximum atomic E-state index is 13.5. The van der Waals surface area contributed by atoms with Crippen molar-refractivity contribution in [3.8, 4) is 11.3 Å². The molecule has 31 heavy (non-hydrogen) atoms. The summed E-state index contributed by atoms with van der Waals surface area (Å²) in [5, 5.41) is 11.4. The molecule has 2 unspecified atom stereocenters. The fourth-order valence-corrected chi connectivity index (χ4v) is 5.91. The predicted molar refractivity (Wildman–Crippen MR) is 121 cm³/mol. The third-order valence-electron chi connectivity index (χ3n) is 5.80. The van der Waals surface area contributed by atoms with E-state index in [9.17, 15) is 14.9 Å². The van der Waals surface area contributed by atoms with Crippen LogP contribution in [0.3, 0.4) is 0 Å². The summed E-state index contributed by atoms with van der Waals surface area (Å²) < 4.78 is 0. The molecule has 0 spiro atoms. The lowest BCUT2D eigenvalue weighted by molar-refractivity contribution is -0.384. The van der Waals surface area contributed by atoms with Gasteiger partial charge in [0.2, 0.25) is 5.91 Å². The van der Waals surface area contributed by atoms with Crippen molar-refractivity contribution in [2.24, 2.45) is 0 Å². The number of non-ortho nitro benzene ring substituents is 1. The molecule has 2 atom stereocenters. The minimum atomic E-state index is -0.402. The first-order valence-electron chi connectivity index (χ1n) is 9.84. The quantitative estimate of drug-likeness (QED) is 0.307. The van der Waals surface area contributed by atoms with Crippen LogP contribution in [-0.2, 0) is 4.79 Å². The molecule has 0 saturated carbocycles. The second kappa shape index (κ2) is 6.65. The highest BCUT2D eigenvalue weighted by Gasteiger charge is 2.47. The van der Waals surface area contributed by atoms with Crippen molar-refractivity contribution in [1.29, 1.82) is 0 Å². The van der Waals surface area contributed by atoms with E-state index >= 15 is 0 Å². The van der Waals surface area contributed by atoms with Gasteiger partial charge in [-0.2, -0.15) is 0 Å². The number of amides is 1. The van der Waals surface area contributed by atoms with E-state index in [0.29, 0.717) is 10.9 Å². The number of nitro benzene ring substituents is 1. The molecule has 7 heteroatoms. The minimum absolute atomic E-state index is 0.0243. The molecule has 6 rings (SSSR count). The molecular formula is C24H15N3O3S. The highest BCUT2D eigenvalue weighted by Crippen LogP contribution is 2.58. The van der Waals surface area contributed by atoms with Crippen molar-refractivity contribution >= 4 is 39.9 Å². The van der Waals surface area contributed by atoms with Crippen molar-refractivity contribution in [1.82, 2.24) is 4.98 Å². The number of carbonyl (C=O) groups excluding carboxylic acids is 1. The standard InChI is InChI=1S/C24H15N3O3S/c28-23-22-18-9-5-4-8-17(18)21-19(24(31-22)26(23)15-6-2-1-3-7-15)13-14-12-16(27(29)30)10-11-20(14)25-21/h1-13,22,24H. The van der Waals surface area contributed by atoms with Gasteiger partial charge in [0.1, 0.15) is 10.6 Å². The van der Waals surface area contributed by atoms with Crippen LogP contribution in [0.4, 0.5) is 11.4 Å². The van der Waals surface area contributed by atoms with Crippen LogP contribution in [0.5, 0.6) is 0 Å². The van der Waals surface area contributed by atoms with Gasteiger partial charge in [-0.1, -0.05) is 42.5 Å². The Balaban J connectivity index is 1.65. The van der Waals surface area contributed by atoms with Gasteiger partial charge >= 0.3 is 0 Å². The van der Waals surface area contributed by atoms with E-state index in [1.165, 1.54) is 6.07 Å². The zero-order valence-electron chi connectivity index (χ0n) is 16.1. The van der Waals surface area contributed by atoms with Gasteiger partial charge < -0.3 is 0 Å².